The van der Waals surface area contributed by atoms with E-state index in [2.05, 4.69) is 10.6 Å². The Kier molecular flexibility index (Phi) is 11.4. The Hall–Kier alpha value is -3.20. The second-order valence-electron chi connectivity index (χ2n) is 12.2. The summed E-state index contributed by atoms with van der Waals surface area (Å²) in [6.07, 6.45) is -7.43. The maximum atomic E-state index is 13.1. The van der Waals surface area contributed by atoms with Crippen molar-refractivity contribution in [2.45, 2.75) is 62.3 Å². The number of carbonyl (C=O) groups is 2. The second kappa shape index (κ2) is 14.7. The Morgan fingerprint density at radius 3 is 1.33 bits per heavy atom. The van der Waals surface area contributed by atoms with E-state index in [9.17, 15) is 35.9 Å². The Bertz CT molecular complexity index is 1230. The van der Waals surface area contributed by atoms with Gasteiger partial charge in [-0.15, -0.1) is 0 Å². The van der Waals surface area contributed by atoms with Gasteiger partial charge in [-0.05, 0) is 37.4 Å². The smallest absolute Gasteiger partial charge is 0.418 e. The number of carbonyl (C=O) groups excluding carboxylic acids is 2. The van der Waals surface area contributed by atoms with Gasteiger partial charge in [0.2, 0.25) is 0 Å². The molecule has 14 heteroatoms. The lowest BCUT2D eigenvalue weighted by Crippen LogP contribution is -2.55. The Balaban J connectivity index is 1.32. The molecule has 4 rings (SSSR count). The molecule has 0 aliphatic carbocycles. The van der Waals surface area contributed by atoms with Gasteiger partial charge in [0.25, 0.3) is 0 Å². The van der Waals surface area contributed by atoms with E-state index < -0.39 is 46.6 Å². The van der Waals surface area contributed by atoms with Gasteiger partial charge in [0, 0.05) is 78.0 Å². The first-order valence-electron chi connectivity index (χ1n) is 15.2. The molecule has 2 aliphatic rings. The standard InChI is InChI=1S/C32H40F6N4O4/c1-39-21-29(9-13-41(14-10-29)19-23-5-3-7-25(17-23)31(33,34)35)45-27(43)28(44)46-30(22-40-2)11-15-42(16-12-30)20-24-6-4-8-26(18-24)32(36,37)38/h3-8,17-18,39-40H,9-16,19-22H2,1-2H3. The van der Waals surface area contributed by atoms with E-state index in [0.717, 1.165) is 24.3 Å². The van der Waals surface area contributed by atoms with Crippen LogP contribution >= 0.6 is 0 Å². The molecule has 2 aromatic rings. The summed E-state index contributed by atoms with van der Waals surface area (Å²) in [7, 11) is 3.38. The highest BCUT2D eigenvalue weighted by Crippen LogP contribution is 2.33. The third-order valence-corrected chi connectivity index (χ3v) is 8.64. The summed E-state index contributed by atoms with van der Waals surface area (Å²) in [4.78, 5) is 30.1. The number of hydrogen-bond acceptors (Lipinski definition) is 8. The van der Waals surface area contributed by atoms with Crippen LogP contribution in [-0.2, 0) is 44.5 Å². The molecule has 2 saturated heterocycles. The fourth-order valence-corrected chi connectivity index (χ4v) is 6.20. The highest BCUT2D eigenvalue weighted by Gasteiger charge is 2.43. The average Bonchev–Trinajstić information content (AvgIpc) is 2.99. The molecule has 0 spiro atoms. The van der Waals surface area contributed by atoms with Crippen LogP contribution in [0.25, 0.3) is 0 Å². The van der Waals surface area contributed by atoms with E-state index in [0.29, 0.717) is 76.1 Å². The number of nitrogens with zero attached hydrogens (tertiary/aromatic N) is 2. The monoisotopic (exact) mass is 658 g/mol. The van der Waals surface area contributed by atoms with Gasteiger partial charge in [0.1, 0.15) is 11.2 Å². The molecule has 46 heavy (non-hydrogen) atoms. The Labute approximate surface area is 264 Å². The second-order valence-corrected chi connectivity index (χ2v) is 12.2. The molecule has 2 heterocycles. The van der Waals surface area contributed by atoms with Gasteiger partial charge in [0.15, 0.2) is 0 Å². The first-order valence-corrected chi connectivity index (χ1v) is 15.2. The predicted octanol–water partition coefficient (Wildman–Crippen LogP) is 4.62. The van der Waals surface area contributed by atoms with Crippen LogP contribution in [0.1, 0.15) is 47.9 Å². The van der Waals surface area contributed by atoms with E-state index in [1.807, 2.05) is 9.80 Å². The molecule has 2 aliphatic heterocycles. The number of halogens is 6. The number of benzene rings is 2. The molecule has 0 amide bonds. The van der Waals surface area contributed by atoms with Crippen LogP contribution in [0.5, 0.6) is 0 Å². The molecular formula is C32H40F6N4O4. The van der Waals surface area contributed by atoms with Gasteiger partial charge < -0.3 is 20.1 Å². The van der Waals surface area contributed by atoms with Crippen molar-refractivity contribution in [1.82, 2.24) is 20.4 Å². The molecule has 0 aromatic heterocycles. The van der Waals surface area contributed by atoms with Gasteiger partial charge in [-0.1, -0.05) is 36.4 Å². The van der Waals surface area contributed by atoms with Gasteiger partial charge in [0.05, 0.1) is 11.1 Å². The molecule has 2 fully saturated rings. The molecule has 2 N–H and O–H groups in total. The summed E-state index contributed by atoms with van der Waals surface area (Å²) in [5.41, 5.74) is -2.38. The lowest BCUT2D eigenvalue weighted by molar-refractivity contribution is -0.191. The van der Waals surface area contributed by atoms with Crippen LogP contribution < -0.4 is 10.6 Å². The molecule has 254 valence electrons. The molecule has 8 nitrogen and oxygen atoms in total. The first-order chi connectivity index (χ1) is 21.7. The number of ether oxygens (including phenoxy) is 2. The number of rotatable bonds is 10. The largest absolute Gasteiger partial charge is 0.449 e. The van der Waals surface area contributed by atoms with Crippen LogP contribution in [0.15, 0.2) is 48.5 Å². The average molecular weight is 659 g/mol. The SMILES string of the molecule is CNCC1(OC(=O)C(=O)OC2(CNC)CCN(Cc3cccc(C(F)(F)F)c3)CC2)CCN(Cc2cccc(C(F)(F)F)c2)CC1. The molecule has 0 atom stereocenters. The number of piperidine rings is 2. The number of hydrogen-bond donors (Lipinski definition) is 2. The minimum Gasteiger partial charge on any atom is -0.449 e. The van der Waals surface area contributed by atoms with E-state index in [1.165, 1.54) is 12.1 Å². The quantitative estimate of drug-likeness (QED) is 0.218. The summed E-state index contributed by atoms with van der Waals surface area (Å²) in [6, 6.07) is 10.3. The van der Waals surface area contributed by atoms with Crippen molar-refractivity contribution in [2.75, 3.05) is 53.4 Å². The van der Waals surface area contributed by atoms with Crippen LogP contribution in [0.2, 0.25) is 0 Å². The van der Waals surface area contributed by atoms with Crippen LogP contribution in [0.3, 0.4) is 0 Å². The molecule has 0 bridgehead atoms. The normalized spacial score (nSPS) is 19.0. The first kappa shape index (κ1) is 35.7. The third-order valence-electron chi connectivity index (χ3n) is 8.64. The van der Waals surface area contributed by atoms with Crippen LogP contribution in [0, 0.1) is 0 Å². The zero-order valence-corrected chi connectivity index (χ0v) is 25.9. The molecule has 0 saturated carbocycles. The number of alkyl halides is 6. The summed E-state index contributed by atoms with van der Waals surface area (Å²) < 4.78 is 90.3. The number of likely N-dealkylation sites (tertiary alicyclic amines) is 2. The zero-order valence-electron chi connectivity index (χ0n) is 25.9. The summed E-state index contributed by atoms with van der Waals surface area (Å²) in [5, 5.41) is 6.01. The zero-order chi connectivity index (χ0) is 33.6. The van der Waals surface area contributed by atoms with E-state index >= 15 is 0 Å². The van der Waals surface area contributed by atoms with Crippen LogP contribution in [-0.4, -0.2) is 86.3 Å². The topological polar surface area (TPSA) is 83.1 Å². The Morgan fingerprint density at radius 2 is 1.02 bits per heavy atom. The highest BCUT2D eigenvalue weighted by molar-refractivity contribution is 6.30. The lowest BCUT2D eigenvalue weighted by atomic mass is 9.90. The minimum atomic E-state index is -4.43. The van der Waals surface area contributed by atoms with Crippen molar-refractivity contribution in [3.05, 3.63) is 70.8 Å². The molecule has 2 aromatic carbocycles. The highest BCUT2D eigenvalue weighted by atomic mass is 19.4. The minimum absolute atomic E-state index is 0.273. The van der Waals surface area contributed by atoms with E-state index in [-0.39, 0.29) is 13.1 Å². The van der Waals surface area contributed by atoms with Crippen molar-refractivity contribution in [3.63, 3.8) is 0 Å². The molecule has 0 radical (unpaired) electrons. The van der Waals surface area contributed by atoms with Gasteiger partial charge in [-0.25, -0.2) is 9.59 Å². The number of esters is 2. The summed E-state index contributed by atoms with van der Waals surface area (Å²) in [6.45, 7) is 2.89. The van der Waals surface area contributed by atoms with Crippen LogP contribution in [0.4, 0.5) is 26.3 Å². The number of likely N-dealkylation sites (N-methyl/N-ethyl adjacent to an activating group) is 2. The van der Waals surface area contributed by atoms with E-state index in [4.69, 9.17) is 9.47 Å². The summed E-state index contributed by atoms with van der Waals surface area (Å²) in [5.74, 6) is -2.24. The fraction of sp³-hybridized carbons (Fsp3) is 0.562. The predicted molar refractivity (Wildman–Crippen MR) is 157 cm³/mol. The maximum absolute atomic E-state index is 13.1. The van der Waals surface area contributed by atoms with Gasteiger partial charge in [-0.2, -0.15) is 26.3 Å². The van der Waals surface area contributed by atoms with E-state index in [1.54, 1.807) is 26.2 Å². The number of nitrogens with one attached hydrogen (secondary N) is 2. The van der Waals surface area contributed by atoms with Crippen molar-refractivity contribution < 1.29 is 45.4 Å². The van der Waals surface area contributed by atoms with Crippen molar-refractivity contribution in [2.24, 2.45) is 0 Å². The fourth-order valence-electron chi connectivity index (χ4n) is 6.20. The lowest BCUT2D eigenvalue weighted by Gasteiger charge is -2.42. The Morgan fingerprint density at radius 1 is 0.674 bits per heavy atom. The molecule has 0 unspecified atom stereocenters. The van der Waals surface area contributed by atoms with Crippen molar-refractivity contribution >= 4 is 11.9 Å². The van der Waals surface area contributed by atoms with Gasteiger partial charge >= 0.3 is 24.3 Å². The van der Waals surface area contributed by atoms with Crippen molar-refractivity contribution in [1.29, 1.82) is 0 Å². The van der Waals surface area contributed by atoms with Gasteiger partial charge in [-0.3, -0.25) is 9.80 Å². The molecular weight excluding hydrogens is 618 g/mol. The maximum Gasteiger partial charge on any atom is 0.418 e. The van der Waals surface area contributed by atoms with Crippen molar-refractivity contribution in [3.8, 4) is 0 Å². The summed E-state index contributed by atoms with van der Waals surface area (Å²) >= 11 is 0. The third kappa shape index (κ3) is 9.43.